The van der Waals surface area contributed by atoms with Gasteiger partial charge in [0.05, 0.1) is 0 Å². The Morgan fingerprint density at radius 3 is 2.65 bits per heavy atom. The van der Waals surface area contributed by atoms with Crippen LogP contribution in [0.2, 0.25) is 0 Å². The van der Waals surface area contributed by atoms with Crippen molar-refractivity contribution >= 4 is 11.9 Å². The second kappa shape index (κ2) is 3.87. The number of benzene rings is 1. The van der Waals surface area contributed by atoms with Crippen molar-refractivity contribution in [2.24, 2.45) is 4.99 Å². The predicted molar refractivity (Wildman–Crippen MR) is 63.5 cm³/mol. The highest BCUT2D eigenvalue weighted by atomic mass is 16.5. The Morgan fingerprint density at radius 1 is 1.29 bits per heavy atom. The molecule has 0 aromatic heterocycles. The molecule has 1 aromatic carbocycles. The zero-order valence-electron chi connectivity index (χ0n) is 9.67. The second-order valence-electron chi connectivity index (χ2n) is 4.48. The van der Waals surface area contributed by atoms with E-state index in [1.807, 2.05) is 42.3 Å². The Kier molecular flexibility index (Phi) is 2.35. The van der Waals surface area contributed by atoms with Crippen LogP contribution >= 0.6 is 0 Å². The lowest BCUT2D eigenvalue weighted by Gasteiger charge is -2.18. The van der Waals surface area contributed by atoms with E-state index in [0.717, 1.165) is 18.4 Å². The number of nitrogens with zero attached hydrogens (tertiary/aromatic N) is 2. The predicted octanol–water partition coefficient (Wildman–Crippen LogP) is 1.73. The van der Waals surface area contributed by atoms with Crippen LogP contribution in [0.1, 0.15) is 24.5 Å². The molecule has 1 unspecified atom stereocenters. The summed E-state index contributed by atoms with van der Waals surface area (Å²) in [5.41, 5.74) is 0.862. The summed E-state index contributed by atoms with van der Waals surface area (Å²) >= 11 is 0. The van der Waals surface area contributed by atoms with Gasteiger partial charge in [0.15, 0.2) is 0 Å². The SMILES string of the molecule is CN(C1=NC(=O)C(c2ccccc2)O1)C1CC1. The minimum absolute atomic E-state index is 0.210. The molecule has 1 amide bonds. The summed E-state index contributed by atoms with van der Waals surface area (Å²) in [6.45, 7) is 0. The fraction of sp³-hybridized carbons (Fsp3) is 0.385. The number of amidine groups is 1. The summed E-state index contributed by atoms with van der Waals surface area (Å²) in [7, 11) is 1.93. The average molecular weight is 230 g/mol. The van der Waals surface area contributed by atoms with Crippen LogP contribution in [0.3, 0.4) is 0 Å². The van der Waals surface area contributed by atoms with Crippen LogP contribution in [-0.2, 0) is 9.53 Å². The standard InChI is InChI=1S/C13H14N2O2/c1-15(10-7-8-10)13-14-12(16)11(17-13)9-5-3-2-4-6-9/h2-6,10-11H,7-8H2,1H3. The van der Waals surface area contributed by atoms with Gasteiger partial charge >= 0.3 is 0 Å². The lowest BCUT2D eigenvalue weighted by atomic mass is 10.1. The van der Waals surface area contributed by atoms with Gasteiger partial charge in [-0.3, -0.25) is 4.79 Å². The first-order valence-electron chi connectivity index (χ1n) is 5.82. The van der Waals surface area contributed by atoms with E-state index in [2.05, 4.69) is 4.99 Å². The van der Waals surface area contributed by atoms with E-state index >= 15 is 0 Å². The molecule has 2 aliphatic rings. The molecule has 88 valence electrons. The summed E-state index contributed by atoms with van der Waals surface area (Å²) in [6, 6.07) is 10.4. The molecular formula is C13H14N2O2. The van der Waals surface area contributed by atoms with Gasteiger partial charge in [-0.2, -0.15) is 4.99 Å². The highest BCUT2D eigenvalue weighted by molar-refractivity contribution is 5.99. The maximum absolute atomic E-state index is 11.8. The number of carbonyl (C=O) groups is 1. The Labute approximate surface area is 99.9 Å². The van der Waals surface area contributed by atoms with Gasteiger partial charge in [-0.05, 0) is 12.8 Å². The molecule has 4 heteroatoms. The van der Waals surface area contributed by atoms with Gasteiger partial charge in [0.25, 0.3) is 11.9 Å². The molecule has 0 radical (unpaired) electrons. The molecule has 1 saturated carbocycles. The van der Waals surface area contributed by atoms with Crippen LogP contribution in [0.25, 0.3) is 0 Å². The molecule has 0 bridgehead atoms. The van der Waals surface area contributed by atoms with Gasteiger partial charge in [-0.1, -0.05) is 30.3 Å². The molecule has 0 saturated heterocycles. The van der Waals surface area contributed by atoms with Crippen molar-refractivity contribution in [3.63, 3.8) is 0 Å². The maximum Gasteiger partial charge on any atom is 0.296 e. The number of ether oxygens (including phenoxy) is 1. The molecule has 0 N–H and O–H groups in total. The molecule has 17 heavy (non-hydrogen) atoms. The van der Waals surface area contributed by atoms with Crippen molar-refractivity contribution in [1.82, 2.24) is 4.90 Å². The van der Waals surface area contributed by atoms with Gasteiger partial charge in [0, 0.05) is 18.7 Å². The Morgan fingerprint density at radius 2 is 2.00 bits per heavy atom. The third-order valence-corrected chi connectivity index (χ3v) is 3.15. The van der Waals surface area contributed by atoms with Crippen LogP contribution in [0.15, 0.2) is 35.3 Å². The first-order valence-corrected chi connectivity index (χ1v) is 5.82. The molecule has 1 heterocycles. The first-order chi connectivity index (χ1) is 8.25. The van der Waals surface area contributed by atoms with Gasteiger partial charge < -0.3 is 9.64 Å². The normalized spacial score (nSPS) is 23.2. The smallest absolute Gasteiger partial charge is 0.296 e. The van der Waals surface area contributed by atoms with E-state index in [1.165, 1.54) is 0 Å². The molecule has 1 fully saturated rings. The third-order valence-electron chi connectivity index (χ3n) is 3.15. The van der Waals surface area contributed by atoms with E-state index in [0.29, 0.717) is 12.1 Å². The van der Waals surface area contributed by atoms with Crippen molar-refractivity contribution in [3.8, 4) is 0 Å². The van der Waals surface area contributed by atoms with Gasteiger partial charge in [0.1, 0.15) is 0 Å². The van der Waals surface area contributed by atoms with Crippen molar-refractivity contribution in [1.29, 1.82) is 0 Å². The molecular weight excluding hydrogens is 216 g/mol. The summed E-state index contributed by atoms with van der Waals surface area (Å²) in [5, 5.41) is 0. The van der Waals surface area contributed by atoms with E-state index in [1.54, 1.807) is 0 Å². The number of amides is 1. The minimum Gasteiger partial charge on any atom is -0.446 e. The average Bonchev–Trinajstić information content (AvgIpc) is 3.13. The monoisotopic (exact) mass is 230 g/mol. The second-order valence-corrected chi connectivity index (χ2v) is 4.48. The van der Waals surface area contributed by atoms with E-state index in [-0.39, 0.29) is 5.91 Å². The molecule has 0 spiro atoms. The number of aliphatic imine (C=N–C) groups is 1. The number of hydrogen-bond donors (Lipinski definition) is 0. The van der Waals surface area contributed by atoms with Crippen molar-refractivity contribution in [3.05, 3.63) is 35.9 Å². The lowest BCUT2D eigenvalue weighted by Crippen LogP contribution is -2.29. The quantitative estimate of drug-likeness (QED) is 0.777. The third kappa shape index (κ3) is 1.90. The lowest BCUT2D eigenvalue weighted by molar-refractivity contribution is -0.122. The van der Waals surface area contributed by atoms with E-state index < -0.39 is 6.10 Å². The highest BCUT2D eigenvalue weighted by Crippen LogP contribution is 2.30. The Hall–Kier alpha value is -1.84. The number of hydrogen-bond acceptors (Lipinski definition) is 3. The van der Waals surface area contributed by atoms with Crippen LogP contribution in [-0.4, -0.2) is 29.9 Å². The topological polar surface area (TPSA) is 41.9 Å². The molecule has 1 atom stereocenters. The van der Waals surface area contributed by atoms with Crippen LogP contribution < -0.4 is 0 Å². The van der Waals surface area contributed by atoms with E-state index in [4.69, 9.17) is 4.74 Å². The highest BCUT2D eigenvalue weighted by Gasteiger charge is 2.37. The summed E-state index contributed by atoms with van der Waals surface area (Å²) in [4.78, 5) is 17.7. The summed E-state index contributed by atoms with van der Waals surface area (Å²) in [5.74, 6) is -0.210. The molecule has 1 aliphatic carbocycles. The van der Waals surface area contributed by atoms with Crippen molar-refractivity contribution in [2.75, 3.05) is 7.05 Å². The maximum atomic E-state index is 11.8. The zero-order valence-corrected chi connectivity index (χ0v) is 9.67. The fourth-order valence-electron chi connectivity index (χ4n) is 1.95. The molecule has 1 aliphatic heterocycles. The van der Waals surface area contributed by atoms with Gasteiger partial charge in [-0.15, -0.1) is 0 Å². The van der Waals surface area contributed by atoms with Gasteiger partial charge in [0.2, 0.25) is 6.10 Å². The molecule has 1 aromatic rings. The van der Waals surface area contributed by atoms with Crippen LogP contribution in [0, 0.1) is 0 Å². The zero-order chi connectivity index (χ0) is 11.8. The van der Waals surface area contributed by atoms with Gasteiger partial charge in [-0.25, -0.2) is 0 Å². The largest absolute Gasteiger partial charge is 0.446 e. The first kappa shape index (κ1) is 10.3. The fourth-order valence-corrected chi connectivity index (χ4v) is 1.95. The number of carbonyl (C=O) groups excluding carboxylic acids is 1. The van der Waals surface area contributed by atoms with Crippen LogP contribution in [0.5, 0.6) is 0 Å². The number of rotatable bonds is 2. The molecule has 4 nitrogen and oxygen atoms in total. The Balaban J connectivity index is 1.77. The van der Waals surface area contributed by atoms with Crippen LogP contribution in [0.4, 0.5) is 0 Å². The molecule has 3 rings (SSSR count). The van der Waals surface area contributed by atoms with E-state index in [9.17, 15) is 4.79 Å². The minimum atomic E-state index is -0.563. The van der Waals surface area contributed by atoms with Crippen molar-refractivity contribution in [2.45, 2.75) is 25.0 Å². The summed E-state index contributed by atoms with van der Waals surface area (Å²) < 4.78 is 5.65. The summed E-state index contributed by atoms with van der Waals surface area (Å²) in [6.07, 6.45) is 1.75. The van der Waals surface area contributed by atoms with Crippen molar-refractivity contribution < 1.29 is 9.53 Å². The Bertz CT molecular complexity index is 466.